The number of ether oxygens (including phenoxy) is 2. The number of likely N-dealkylation sites (tertiary alicyclic amines) is 1. The molecule has 1 aliphatic heterocycles. The van der Waals surface area contributed by atoms with Gasteiger partial charge in [0.25, 0.3) is 0 Å². The minimum atomic E-state index is 0.694. The van der Waals surface area contributed by atoms with Gasteiger partial charge < -0.3 is 14.4 Å². The first-order valence-electron chi connectivity index (χ1n) is 10.3. The Hall–Kier alpha value is -2.00. The van der Waals surface area contributed by atoms with E-state index in [1.54, 1.807) is 7.11 Å². The monoisotopic (exact) mass is 367 g/mol. The number of benzene rings is 2. The predicted molar refractivity (Wildman–Crippen MR) is 112 cm³/mol. The molecule has 1 unspecified atom stereocenters. The highest BCUT2D eigenvalue weighted by Gasteiger charge is 2.20. The van der Waals surface area contributed by atoms with Gasteiger partial charge >= 0.3 is 0 Å². The summed E-state index contributed by atoms with van der Waals surface area (Å²) in [4.78, 5) is 2.47. The summed E-state index contributed by atoms with van der Waals surface area (Å²) in [6.45, 7) is 2.05. The number of aryl methyl sites for hydroxylation is 2. The third-order valence-electron chi connectivity index (χ3n) is 5.65. The van der Waals surface area contributed by atoms with Crippen molar-refractivity contribution in [1.82, 2.24) is 4.90 Å². The highest BCUT2D eigenvalue weighted by molar-refractivity contribution is 5.33. The summed E-state index contributed by atoms with van der Waals surface area (Å²) in [6, 6.07) is 17.6. The fraction of sp³-hybridized carbons (Fsp3) is 0.500. The van der Waals surface area contributed by atoms with Gasteiger partial charge in [0, 0.05) is 6.04 Å². The Labute approximate surface area is 164 Å². The molecule has 27 heavy (non-hydrogen) atoms. The van der Waals surface area contributed by atoms with Crippen molar-refractivity contribution in [2.24, 2.45) is 0 Å². The maximum Gasteiger partial charge on any atom is 0.122 e. The first-order chi connectivity index (χ1) is 13.3. The summed E-state index contributed by atoms with van der Waals surface area (Å²) in [5, 5.41) is 0. The maximum absolute atomic E-state index is 6.15. The zero-order valence-corrected chi connectivity index (χ0v) is 16.8. The number of methoxy groups -OCH3 is 1. The largest absolute Gasteiger partial charge is 0.497 e. The van der Waals surface area contributed by atoms with E-state index in [1.165, 1.54) is 43.4 Å². The molecular weight excluding hydrogens is 334 g/mol. The molecule has 3 heteroatoms. The molecule has 1 heterocycles. The molecule has 0 radical (unpaired) electrons. The van der Waals surface area contributed by atoms with Crippen LogP contribution in [0.1, 0.15) is 43.2 Å². The van der Waals surface area contributed by atoms with Crippen LogP contribution in [-0.4, -0.2) is 38.3 Å². The van der Waals surface area contributed by atoms with E-state index >= 15 is 0 Å². The van der Waals surface area contributed by atoms with Gasteiger partial charge in [-0.1, -0.05) is 30.3 Å². The van der Waals surface area contributed by atoms with Crippen molar-refractivity contribution in [2.45, 2.75) is 51.0 Å². The van der Waals surface area contributed by atoms with E-state index in [1.807, 2.05) is 6.07 Å². The smallest absolute Gasteiger partial charge is 0.122 e. The minimum Gasteiger partial charge on any atom is -0.497 e. The van der Waals surface area contributed by atoms with Gasteiger partial charge in [-0.25, -0.2) is 0 Å². The molecule has 0 aliphatic carbocycles. The summed E-state index contributed by atoms with van der Waals surface area (Å²) in [5.41, 5.74) is 2.68. The molecule has 1 saturated heterocycles. The van der Waals surface area contributed by atoms with E-state index < -0.39 is 0 Å². The van der Waals surface area contributed by atoms with Crippen molar-refractivity contribution in [1.29, 1.82) is 0 Å². The maximum atomic E-state index is 6.15. The third-order valence-corrected chi connectivity index (χ3v) is 5.65. The molecule has 1 atom stereocenters. The number of rotatable bonds is 10. The lowest BCUT2D eigenvalue weighted by atomic mass is 10.0. The van der Waals surface area contributed by atoms with E-state index in [9.17, 15) is 0 Å². The van der Waals surface area contributed by atoms with E-state index in [4.69, 9.17) is 9.47 Å². The van der Waals surface area contributed by atoms with Gasteiger partial charge in [0.1, 0.15) is 11.5 Å². The lowest BCUT2D eigenvalue weighted by molar-refractivity contribution is 0.232. The predicted octanol–water partition coefficient (Wildman–Crippen LogP) is 5.12. The fourth-order valence-electron chi connectivity index (χ4n) is 3.97. The molecule has 0 bridgehead atoms. The summed E-state index contributed by atoms with van der Waals surface area (Å²) in [6.07, 6.45) is 8.27. The van der Waals surface area contributed by atoms with E-state index in [2.05, 4.69) is 54.4 Å². The lowest BCUT2D eigenvalue weighted by Crippen LogP contribution is -2.26. The summed E-state index contributed by atoms with van der Waals surface area (Å²) >= 11 is 0. The van der Waals surface area contributed by atoms with Crippen LogP contribution < -0.4 is 9.47 Å². The van der Waals surface area contributed by atoms with E-state index in [0.717, 1.165) is 37.4 Å². The molecule has 3 nitrogen and oxygen atoms in total. The van der Waals surface area contributed by atoms with Crippen LogP contribution in [0.4, 0.5) is 0 Å². The summed E-state index contributed by atoms with van der Waals surface area (Å²) < 4.78 is 11.5. The molecule has 0 amide bonds. The molecule has 0 aromatic heterocycles. The Bertz CT molecular complexity index is 700. The van der Waals surface area contributed by atoms with Crippen molar-refractivity contribution in [2.75, 3.05) is 27.3 Å². The molecule has 3 rings (SSSR count). The molecule has 1 fully saturated rings. The van der Waals surface area contributed by atoms with Gasteiger partial charge in [-0.05, 0) is 87.9 Å². The van der Waals surface area contributed by atoms with Crippen LogP contribution in [0, 0.1) is 0 Å². The molecule has 1 aliphatic rings. The van der Waals surface area contributed by atoms with Crippen LogP contribution in [-0.2, 0) is 12.8 Å². The van der Waals surface area contributed by atoms with Crippen LogP contribution in [0.25, 0.3) is 0 Å². The Morgan fingerprint density at radius 3 is 2.70 bits per heavy atom. The van der Waals surface area contributed by atoms with Crippen LogP contribution in [0.15, 0.2) is 48.5 Å². The van der Waals surface area contributed by atoms with Crippen molar-refractivity contribution in [3.63, 3.8) is 0 Å². The van der Waals surface area contributed by atoms with Crippen LogP contribution in [0.2, 0.25) is 0 Å². The highest BCUT2D eigenvalue weighted by atomic mass is 16.5. The minimum absolute atomic E-state index is 0.694. The number of hydrogen-bond donors (Lipinski definition) is 0. The number of nitrogens with zero attached hydrogens (tertiary/aromatic N) is 1. The fourth-order valence-corrected chi connectivity index (χ4v) is 3.97. The first-order valence-corrected chi connectivity index (χ1v) is 10.3. The van der Waals surface area contributed by atoms with Gasteiger partial charge in [0.2, 0.25) is 0 Å². The first kappa shape index (κ1) is 19.8. The average Bonchev–Trinajstić information content (AvgIpc) is 3.11. The van der Waals surface area contributed by atoms with Gasteiger partial charge in [-0.2, -0.15) is 0 Å². The topological polar surface area (TPSA) is 21.7 Å². The van der Waals surface area contributed by atoms with Crippen molar-refractivity contribution in [3.05, 3.63) is 59.7 Å². The average molecular weight is 368 g/mol. The van der Waals surface area contributed by atoms with Crippen LogP contribution in [0.5, 0.6) is 11.5 Å². The molecular formula is C24H33NO2. The number of unbranched alkanes of at least 4 members (excludes halogenated alkanes) is 1. The normalized spacial score (nSPS) is 17.2. The zero-order valence-electron chi connectivity index (χ0n) is 16.8. The highest BCUT2D eigenvalue weighted by Crippen LogP contribution is 2.23. The molecule has 2 aromatic rings. The molecule has 0 N–H and O–H groups in total. The quantitative estimate of drug-likeness (QED) is 0.544. The Morgan fingerprint density at radius 2 is 1.89 bits per heavy atom. The van der Waals surface area contributed by atoms with E-state index in [0.29, 0.717) is 6.04 Å². The Morgan fingerprint density at radius 1 is 1.04 bits per heavy atom. The second-order valence-electron chi connectivity index (χ2n) is 7.58. The molecule has 146 valence electrons. The summed E-state index contributed by atoms with van der Waals surface area (Å²) in [5.74, 6) is 2.01. The van der Waals surface area contributed by atoms with Gasteiger partial charge in [-0.15, -0.1) is 0 Å². The Balaban J connectivity index is 1.43. The number of para-hydroxylation sites is 1. The second kappa shape index (κ2) is 10.4. The van der Waals surface area contributed by atoms with E-state index in [-0.39, 0.29) is 0 Å². The summed E-state index contributed by atoms with van der Waals surface area (Å²) in [7, 11) is 3.95. The van der Waals surface area contributed by atoms with Crippen molar-refractivity contribution < 1.29 is 9.47 Å². The molecule has 0 saturated carbocycles. The van der Waals surface area contributed by atoms with Gasteiger partial charge in [0.15, 0.2) is 0 Å². The van der Waals surface area contributed by atoms with Gasteiger partial charge in [0.05, 0.1) is 13.7 Å². The molecule has 0 spiro atoms. The zero-order chi connectivity index (χ0) is 18.9. The SMILES string of the molecule is COc1cccc(CCCCc2ccccc2OCCC2CCCN2C)c1. The van der Waals surface area contributed by atoms with Crippen molar-refractivity contribution in [3.8, 4) is 11.5 Å². The third kappa shape index (κ3) is 6.00. The van der Waals surface area contributed by atoms with Crippen molar-refractivity contribution >= 4 is 0 Å². The lowest BCUT2D eigenvalue weighted by Gasteiger charge is -2.20. The molecule has 2 aromatic carbocycles. The Kier molecular flexibility index (Phi) is 7.58. The second-order valence-corrected chi connectivity index (χ2v) is 7.58. The van der Waals surface area contributed by atoms with Gasteiger partial charge in [-0.3, -0.25) is 0 Å². The number of hydrogen-bond acceptors (Lipinski definition) is 3. The van der Waals surface area contributed by atoms with Crippen LogP contribution in [0.3, 0.4) is 0 Å². The standard InChI is InChI=1S/C24H33NO2/c1-25-17-8-13-22(25)16-18-27-24-15-6-5-12-21(24)11-4-3-9-20-10-7-14-23(19-20)26-2/h5-7,10,12,14-15,19,22H,3-4,8-9,11,13,16-18H2,1-2H3. The van der Waals surface area contributed by atoms with Crippen LogP contribution >= 0.6 is 0 Å².